The molecule has 22 heavy (non-hydrogen) atoms. The van der Waals surface area contributed by atoms with Gasteiger partial charge in [0.15, 0.2) is 0 Å². The van der Waals surface area contributed by atoms with Gasteiger partial charge in [0.1, 0.15) is 4.60 Å². The number of nitrogens with zero attached hydrogens (tertiary/aromatic N) is 2. The van der Waals surface area contributed by atoms with Crippen LogP contribution in [0.25, 0.3) is 0 Å². The molecule has 1 aromatic heterocycles. The van der Waals surface area contributed by atoms with Crippen molar-refractivity contribution in [3.05, 3.63) is 27.5 Å². The highest BCUT2D eigenvalue weighted by Crippen LogP contribution is 2.48. The van der Waals surface area contributed by atoms with E-state index >= 15 is 0 Å². The third kappa shape index (κ3) is 2.52. The van der Waals surface area contributed by atoms with Crippen LogP contribution in [0.15, 0.2) is 10.7 Å². The normalized spacial score (nSPS) is 20.3. The second-order valence-electron chi connectivity index (χ2n) is 7.13. The van der Waals surface area contributed by atoms with Crippen molar-refractivity contribution in [2.45, 2.75) is 51.2 Å². The molecule has 6 heteroatoms. The van der Waals surface area contributed by atoms with Gasteiger partial charge in [-0.15, -0.1) is 0 Å². The summed E-state index contributed by atoms with van der Waals surface area (Å²) in [6.07, 6.45) is 0.537. The number of pyridine rings is 1. The average molecular weight is 369 g/mol. The second-order valence-corrected chi connectivity index (χ2v) is 7.94. The molecule has 2 aliphatic heterocycles. The van der Waals surface area contributed by atoms with E-state index in [2.05, 4.69) is 36.7 Å². The number of hydrogen-bond donors (Lipinski definition) is 1. The summed E-state index contributed by atoms with van der Waals surface area (Å²) in [7, 11) is 0. The Labute approximate surface area is 138 Å². The van der Waals surface area contributed by atoms with Crippen molar-refractivity contribution in [3.8, 4) is 0 Å². The summed E-state index contributed by atoms with van der Waals surface area (Å²) < 4.78 is 7.02. The van der Waals surface area contributed by atoms with Crippen LogP contribution in [0.4, 0.5) is 4.79 Å². The minimum Gasteiger partial charge on any atom is -0.465 e. The number of ether oxygens (including phenoxy) is 1. The van der Waals surface area contributed by atoms with Gasteiger partial charge >= 0.3 is 6.09 Å². The number of aromatic nitrogens is 1. The van der Waals surface area contributed by atoms with Gasteiger partial charge in [-0.1, -0.05) is 20.8 Å². The van der Waals surface area contributed by atoms with Crippen molar-refractivity contribution < 1.29 is 14.6 Å². The van der Waals surface area contributed by atoms with Crippen molar-refractivity contribution in [1.82, 2.24) is 9.88 Å². The van der Waals surface area contributed by atoms with Gasteiger partial charge in [-0.3, -0.25) is 0 Å². The van der Waals surface area contributed by atoms with Crippen LogP contribution in [-0.2, 0) is 22.4 Å². The van der Waals surface area contributed by atoms with Gasteiger partial charge in [0.05, 0.1) is 17.9 Å². The Kier molecular flexibility index (Phi) is 3.72. The first kappa shape index (κ1) is 15.7. The van der Waals surface area contributed by atoms with Crippen LogP contribution in [0.2, 0.25) is 0 Å². The standard InChI is InChI=1S/C16H21BrN2O3/c1-15(2,3)13-12-10(8-11(17)18-13)9-22-16(12)4-6-19(7-5-16)14(20)21/h8H,4-7,9H2,1-3H3,(H,20,21). The molecule has 0 atom stereocenters. The van der Waals surface area contributed by atoms with E-state index in [1.807, 2.05) is 6.07 Å². The molecule has 1 fully saturated rings. The highest BCUT2D eigenvalue weighted by atomic mass is 79.9. The summed E-state index contributed by atoms with van der Waals surface area (Å²) in [5, 5.41) is 9.15. The third-order valence-corrected chi connectivity index (χ3v) is 4.99. The quantitative estimate of drug-likeness (QED) is 0.710. The fraction of sp³-hybridized carbons (Fsp3) is 0.625. The van der Waals surface area contributed by atoms with Crippen LogP contribution < -0.4 is 0 Å². The fourth-order valence-corrected chi connectivity index (χ4v) is 3.92. The molecule has 0 aliphatic carbocycles. The average Bonchev–Trinajstić information content (AvgIpc) is 2.76. The van der Waals surface area contributed by atoms with Gasteiger partial charge in [-0.05, 0) is 40.4 Å². The first-order valence-electron chi connectivity index (χ1n) is 7.55. The van der Waals surface area contributed by atoms with Crippen LogP contribution in [0.3, 0.4) is 0 Å². The molecule has 2 aliphatic rings. The van der Waals surface area contributed by atoms with Gasteiger partial charge in [-0.2, -0.15) is 0 Å². The van der Waals surface area contributed by atoms with Crippen LogP contribution in [0.5, 0.6) is 0 Å². The Hall–Kier alpha value is -1.14. The predicted molar refractivity (Wildman–Crippen MR) is 85.9 cm³/mol. The zero-order valence-corrected chi connectivity index (χ0v) is 14.7. The number of fused-ring (bicyclic) bond motifs is 2. The summed E-state index contributed by atoms with van der Waals surface area (Å²) in [6, 6.07) is 2.03. The molecule has 0 radical (unpaired) electrons. The van der Waals surface area contributed by atoms with E-state index in [1.165, 1.54) is 16.0 Å². The Morgan fingerprint density at radius 1 is 1.41 bits per heavy atom. The molecular formula is C16H21BrN2O3. The van der Waals surface area contributed by atoms with Crippen LogP contribution in [0.1, 0.15) is 50.4 Å². The molecule has 1 saturated heterocycles. The monoisotopic (exact) mass is 368 g/mol. The van der Waals surface area contributed by atoms with Crippen molar-refractivity contribution in [1.29, 1.82) is 0 Å². The van der Waals surface area contributed by atoms with Crippen molar-refractivity contribution in [2.75, 3.05) is 13.1 Å². The predicted octanol–water partition coefficient (Wildman–Crippen LogP) is 3.64. The Morgan fingerprint density at radius 2 is 2.05 bits per heavy atom. The molecule has 0 bridgehead atoms. The maximum atomic E-state index is 11.1. The summed E-state index contributed by atoms with van der Waals surface area (Å²) in [4.78, 5) is 17.3. The highest BCUT2D eigenvalue weighted by molar-refractivity contribution is 9.10. The molecule has 0 aromatic carbocycles. The lowest BCUT2D eigenvalue weighted by atomic mass is 9.77. The molecule has 3 heterocycles. The molecule has 0 unspecified atom stereocenters. The van der Waals surface area contributed by atoms with E-state index in [4.69, 9.17) is 14.8 Å². The maximum Gasteiger partial charge on any atom is 0.407 e. The van der Waals surface area contributed by atoms with Crippen LogP contribution >= 0.6 is 15.9 Å². The molecule has 3 rings (SSSR count). The maximum absolute atomic E-state index is 11.1. The lowest BCUT2D eigenvalue weighted by molar-refractivity contribution is -0.0758. The third-order valence-electron chi connectivity index (χ3n) is 4.58. The summed E-state index contributed by atoms with van der Waals surface area (Å²) >= 11 is 3.50. The number of rotatable bonds is 0. The number of piperidine rings is 1. The Bertz CT molecular complexity index is 617. The molecule has 5 nitrogen and oxygen atoms in total. The lowest BCUT2D eigenvalue weighted by Crippen LogP contribution is -2.45. The molecule has 0 saturated carbocycles. The van der Waals surface area contributed by atoms with Crippen molar-refractivity contribution in [3.63, 3.8) is 0 Å². The van der Waals surface area contributed by atoms with Gasteiger partial charge in [-0.25, -0.2) is 9.78 Å². The summed E-state index contributed by atoms with van der Waals surface area (Å²) in [5.74, 6) is 0. The van der Waals surface area contributed by atoms with Crippen LogP contribution in [0, 0.1) is 0 Å². The van der Waals surface area contributed by atoms with Crippen molar-refractivity contribution in [2.24, 2.45) is 0 Å². The Balaban J connectivity index is 2.03. The molecule has 1 spiro atoms. The number of hydrogen-bond acceptors (Lipinski definition) is 3. The zero-order valence-electron chi connectivity index (χ0n) is 13.1. The largest absolute Gasteiger partial charge is 0.465 e. The number of carboxylic acid groups (broad SMARTS) is 1. The second kappa shape index (κ2) is 5.20. The molecule has 1 aromatic rings. The minimum absolute atomic E-state index is 0.0848. The van der Waals surface area contributed by atoms with Crippen LogP contribution in [-0.4, -0.2) is 34.2 Å². The minimum atomic E-state index is -0.849. The Morgan fingerprint density at radius 3 is 2.59 bits per heavy atom. The molecule has 120 valence electrons. The SMILES string of the molecule is CC(C)(C)c1nc(Br)cc2c1C1(CCN(C(=O)O)CC1)OC2. The molecule has 1 N–H and O–H groups in total. The van der Waals surface area contributed by atoms with E-state index in [9.17, 15) is 4.79 Å². The smallest absolute Gasteiger partial charge is 0.407 e. The van der Waals surface area contributed by atoms with E-state index in [-0.39, 0.29) is 11.0 Å². The fourth-order valence-electron chi connectivity index (χ4n) is 3.47. The molecular weight excluding hydrogens is 348 g/mol. The highest BCUT2D eigenvalue weighted by Gasteiger charge is 2.46. The number of carbonyl (C=O) groups is 1. The number of amides is 1. The summed E-state index contributed by atoms with van der Waals surface area (Å²) in [6.45, 7) is 8.05. The van der Waals surface area contributed by atoms with Crippen molar-refractivity contribution >= 4 is 22.0 Å². The zero-order chi connectivity index (χ0) is 16.1. The van der Waals surface area contributed by atoms with E-state index in [0.717, 1.165) is 10.3 Å². The van der Waals surface area contributed by atoms with Gasteiger partial charge in [0, 0.05) is 24.1 Å². The van der Waals surface area contributed by atoms with E-state index < -0.39 is 6.09 Å². The number of halogens is 1. The molecule has 1 amide bonds. The van der Waals surface area contributed by atoms with Gasteiger partial charge < -0.3 is 14.7 Å². The summed E-state index contributed by atoms with van der Waals surface area (Å²) in [5.41, 5.74) is 2.96. The first-order chi connectivity index (χ1) is 10.2. The van der Waals surface area contributed by atoms with Gasteiger partial charge in [0.25, 0.3) is 0 Å². The number of likely N-dealkylation sites (tertiary alicyclic amines) is 1. The first-order valence-corrected chi connectivity index (χ1v) is 8.34. The van der Waals surface area contributed by atoms with E-state index in [0.29, 0.717) is 32.5 Å². The van der Waals surface area contributed by atoms with Gasteiger partial charge in [0.2, 0.25) is 0 Å². The lowest BCUT2D eigenvalue weighted by Gasteiger charge is -2.39. The topological polar surface area (TPSA) is 62.7 Å². The van der Waals surface area contributed by atoms with E-state index in [1.54, 1.807) is 0 Å².